The highest BCUT2D eigenvalue weighted by Gasteiger charge is 2.56. The fourth-order valence-corrected chi connectivity index (χ4v) is 15.9. The molecular weight excluding hydrogens is 1490 g/mol. The van der Waals surface area contributed by atoms with Gasteiger partial charge in [0.1, 0.15) is 49.7 Å². The second-order valence-corrected chi connectivity index (χ2v) is 30.7. The van der Waals surface area contributed by atoms with Gasteiger partial charge in [0.25, 0.3) is 11.5 Å². The van der Waals surface area contributed by atoms with E-state index in [9.17, 15) is 62.8 Å². The second kappa shape index (κ2) is 33.1. The third-order valence-electron chi connectivity index (χ3n) is 17.6. The van der Waals surface area contributed by atoms with Gasteiger partial charge < -0.3 is 86.8 Å². The van der Waals surface area contributed by atoms with Crippen molar-refractivity contribution in [3.05, 3.63) is 154 Å². The molecule has 4 amide bonds. The molecule has 4 fully saturated rings. The molecule has 2 bridgehead atoms. The number of ether oxygens (including phenoxy) is 9. The molecule has 12 rings (SSSR count). The first kappa shape index (κ1) is 76.8. The Morgan fingerprint density at radius 3 is 2.21 bits per heavy atom. The lowest BCUT2D eigenvalue weighted by Gasteiger charge is -2.42. The second-order valence-electron chi connectivity index (χ2n) is 25.1. The SMILES string of the molecule is CC(=O)O[C@@H]1[C@@H](OC(C)=O)[C@H](Oc2ccc(COC(=O)N(C)Cc3ccccc3C(=O)Nc3nc4c(ncn4[C@@H]4O[C@@H]5COP(O)(=S)O[C@H]6C[C@H](Oc7ccncn7)C[C@@H]6COP(=O)(S)O[C@@H]4[C@@H]5O)c(=O)[nH]3)cc2NC(=O)CCNC(=O)OCC2c3ccccc3-c3ccccc32)O[C@H](C(=O)O)[C@H]1OC(C)=O. The van der Waals surface area contributed by atoms with E-state index in [1.807, 2.05) is 48.5 Å². The summed E-state index contributed by atoms with van der Waals surface area (Å²) in [6, 6.07) is 27.1. The monoisotopic (exact) mass is 1560 g/mol. The number of esters is 3. The standard InChI is InChI=1S/C67H70N10O26P2S2/c1-33(78)95-55-56(96-34(2)79)58(97-35(3)80)64(101-57(55)63(85)86)100-47-18-17-36(23-46(47)72-50(81)19-22-69-66(87)91-29-45-43-15-9-7-13-41(43)42-14-8-10-16-44(42)45)27-92-67(88)76(4)26-37-11-5-6-12-40(37)60(83)74-65-73-59-52(61(84)75-65)71-32-77(59)62-54-53(82)49(99-62)30-94-104(89,106)102-48-25-39(98-51-20-21-68-31-70-51)24-38(48)28-93-105(90,107)103-54/h5-18,20-21,23,31-32,38-39,45,48-49,53-58,62,64,82H,19,22,24-30H2,1-4H3,(H,69,87)(H,72,81)(H,85,86)(H,89,106)(H,90,107)(H2,73,74,75,83,84)/t38-,39-,48+,49-,53-,54-,55+,56+,57+,58-,62-,64-,104?,105?/m1/s1. The van der Waals surface area contributed by atoms with E-state index in [1.165, 1.54) is 60.5 Å². The van der Waals surface area contributed by atoms with Crippen LogP contribution >= 0.6 is 25.8 Å². The van der Waals surface area contributed by atoms with Crippen LogP contribution in [0.1, 0.15) is 84.8 Å². The number of carboxylic acids is 1. The van der Waals surface area contributed by atoms with Crippen LogP contribution in [0.3, 0.4) is 0 Å². The number of nitrogens with one attached hydrogen (secondary N) is 4. The van der Waals surface area contributed by atoms with Crippen molar-refractivity contribution in [2.75, 3.05) is 44.0 Å². The number of aromatic amines is 1. The number of thiol groups is 1. The van der Waals surface area contributed by atoms with Gasteiger partial charge in [0.05, 0.1) is 31.3 Å². The summed E-state index contributed by atoms with van der Waals surface area (Å²) in [5.74, 6) is -7.53. The van der Waals surface area contributed by atoms with Gasteiger partial charge in [-0.15, -0.1) is 0 Å². The molecule has 107 heavy (non-hydrogen) atoms. The van der Waals surface area contributed by atoms with Crippen LogP contribution in [-0.2, 0) is 105 Å². The van der Waals surface area contributed by atoms with Gasteiger partial charge in [-0.1, -0.05) is 85.0 Å². The number of aliphatic hydroxyl groups is 1. The largest absolute Gasteiger partial charge is 0.479 e. The van der Waals surface area contributed by atoms with Crippen LogP contribution in [0, 0.1) is 5.92 Å². The van der Waals surface area contributed by atoms with Gasteiger partial charge in [0.15, 0.2) is 35.7 Å². The van der Waals surface area contributed by atoms with Crippen LogP contribution < -0.4 is 31.0 Å². The van der Waals surface area contributed by atoms with Crippen molar-refractivity contribution in [3.63, 3.8) is 0 Å². The number of carboxylic acid groups (broad SMARTS) is 1. The lowest BCUT2D eigenvalue weighted by atomic mass is 9.97. The summed E-state index contributed by atoms with van der Waals surface area (Å²) in [4.78, 5) is 150. The Labute approximate surface area is 617 Å². The van der Waals surface area contributed by atoms with Crippen molar-refractivity contribution < 1.29 is 119 Å². The molecule has 6 heterocycles. The first-order valence-electron chi connectivity index (χ1n) is 33.0. The molecule has 0 radical (unpaired) electrons. The van der Waals surface area contributed by atoms with Gasteiger partial charge in [-0.2, -0.15) is 4.98 Å². The number of aliphatic carboxylic acids is 1. The van der Waals surface area contributed by atoms with E-state index in [0.29, 0.717) is 0 Å². The van der Waals surface area contributed by atoms with Crippen LogP contribution in [0.4, 0.5) is 21.2 Å². The highest BCUT2D eigenvalue weighted by atomic mass is 32.7. The van der Waals surface area contributed by atoms with Crippen LogP contribution in [0.2, 0.25) is 0 Å². The number of aromatic nitrogens is 6. The maximum Gasteiger partial charge on any atom is 0.410 e. The predicted octanol–water partition coefficient (Wildman–Crippen LogP) is 5.97. The van der Waals surface area contributed by atoms with Gasteiger partial charge in [0.2, 0.25) is 30.1 Å². The number of aliphatic hydroxyl groups excluding tert-OH is 1. The highest BCUT2D eigenvalue weighted by molar-refractivity contribution is 8.44. The number of alkyl carbamates (subject to hydrolysis) is 1. The van der Waals surface area contributed by atoms with Crippen LogP contribution in [0.25, 0.3) is 22.3 Å². The summed E-state index contributed by atoms with van der Waals surface area (Å²) >= 11 is 9.63. The van der Waals surface area contributed by atoms with E-state index in [2.05, 4.69) is 53.1 Å². The minimum atomic E-state index is -4.43. The first-order chi connectivity index (χ1) is 51.1. The Balaban J connectivity index is 0.721. The van der Waals surface area contributed by atoms with Crippen molar-refractivity contribution in [2.45, 2.75) is 127 Å². The van der Waals surface area contributed by atoms with Gasteiger partial charge in [0, 0.05) is 83.4 Å². The number of anilines is 2. The van der Waals surface area contributed by atoms with Crippen LogP contribution in [0.5, 0.6) is 11.6 Å². The molecule has 7 aromatic rings. The van der Waals surface area contributed by atoms with Crippen molar-refractivity contribution in [3.8, 4) is 22.8 Å². The lowest BCUT2D eigenvalue weighted by molar-refractivity contribution is -0.281. The minimum Gasteiger partial charge on any atom is -0.479 e. The Hall–Kier alpha value is -9.82. The van der Waals surface area contributed by atoms with Crippen molar-refractivity contribution in [2.24, 2.45) is 5.92 Å². The van der Waals surface area contributed by atoms with Gasteiger partial charge in [-0.05, 0) is 69.8 Å². The summed E-state index contributed by atoms with van der Waals surface area (Å²) < 4.78 is 90.2. The van der Waals surface area contributed by atoms with Gasteiger partial charge in [-0.3, -0.25) is 48.2 Å². The molecule has 3 saturated heterocycles. The number of carbonyl (C=O) groups excluding carboxylic acids is 7. The first-order valence-corrected chi connectivity index (χ1v) is 38.3. The maximum absolute atomic E-state index is 14.3. The third-order valence-corrected chi connectivity index (χ3v) is 20.8. The Morgan fingerprint density at radius 2 is 1.50 bits per heavy atom. The Kier molecular flexibility index (Phi) is 23.8. The van der Waals surface area contributed by atoms with E-state index in [1.54, 1.807) is 12.1 Å². The molecule has 7 N–H and O–H groups in total. The summed E-state index contributed by atoms with van der Waals surface area (Å²) in [7, 11) is 1.36. The quantitative estimate of drug-likeness (QED) is 0.0178. The molecule has 2 aliphatic carbocycles. The molecule has 40 heteroatoms. The number of fused-ring (bicyclic) bond motifs is 7. The molecule has 5 aliphatic rings. The average Bonchev–Trinajstić information content (AvgIpc) is 1.67. The maximum atomic E-state index is 14.3. The molecule has 36 nitrogen and oxygen atoms in total. The lowest BCUT2D eigenvalue weighted by Crippen LogP contribution is -2.64. The number of hydrogen-bond donors (Lipinski definition) is 8. The van der Waals surface area contributed by atoms with E-state index < -0.39 is 159 Å². The van der Waals surface area contributed by atoms with E-state index >= 15 is 0 Å². The molecule has 4 aromatic carbocycles. The average molecular weight is 1560 g/mol. The fourth-order valence-electron chi connectivity index (χ4n) is 12.9. The van der Waals surface area contributed by atoms with Crippen LogP contribution in [0.15, 0.2) is 121 Å². The van der Waals surface area contributed by atoms with E-state index in [4.69, 9.17) is 72.5 Å². The summed E-state index contributed by atoms with van der Waals surface area (Å²) in [5, 5.41) is 29.8. The number of H-pyrrole nitrogens is 1. The zero-order valence-corrected chi connectivity index (χ0v) is 60.5. The molecule has 566 valence electrons. The van der Waals surface area contributed by atoms with Crippen molar-refractivity contribution >= 4 is 108 Å². The Bertz CT molecular complexity index is 4670. The minimum absolute atomic E-state index is 0.00971. The highest BCUT2D eigenvalue weighted by Crippen LogP contribution is 2.59. The number of hydrogen-bond acceptors (Lipinski definition) is 29. The smallest absolute Gasteiger partial charge is 0.410 e. The molecule has 3 aromatic heterocycles. The van der Waals surface area contributed by atoms with Crippen molar-refractivity contribution in [1.82, 2.24) is 39.7 Å². The Morgan fingerprint density at radius 1 is 0.804 bits per heavy atom. The molecule has 3 aliphatic heterocycles. The number of nitrogens with zero attached hydrogens (tertiary/aromatic N) is 6. The molecule has 14 atom stereocenters. The van der Waals surface area contributed by atoms with E-state index in [-0.39, 0.29) is 96.7 Å². The molecule has 0 spiro atoms. The number of carbonyl (C=O) groups is 8. The number of amides is 4. The topological polar surface area (TPSA) is 463 Å². The fraction of sp³-hybridized carbons (Fsp3) is 0.388. The van der Waals surface area contributed by atoms with Gasteiger partial charge >= 0.3 is 49.6 Å². The van der Waals surface area contributed by atoms with E-state index in [0.717, 1.165) is 54.3 Å². The predicted molar refractivity (Wildman–Crippen MR) is 374 cm³/mol. The molecule has 2 unspecified atom stereocenters. The molecular formula is C67H70N10O26P2S2. The molecule has 1 saturated carbocycles. The number of benzene rings is 4. The van der Waals surface area contributed by atoms with Crippen LogP contribution in [-0.4, -0.2) is 192 Å². The van der Waals surface area contributed by atoms with Gasteiger partial charge in [-0.25, -0.2) is 33.9 Å². The number of rotatable bonds is 21. The zero-order valence-electron chi connectivity index (χ0n) is 57.0. The summed E-state index contributed by atoms with van der Waals surface area (Å²) in [5.41, 5.74) is 2.91. The summed E-state index contributed by atoms with van der Waals surface area (Å²) in [6.45, 7) is -7.54. The number of imidazole rings is 1. The zero-order chi connectivity index (χ0) is 76.0. The normalized spacial score (nSPS) is 26.0. The van der Waals surface area contributed by atoms with Crippen molar-refractivity contribution in [1.29, 1.82) is 0 Å². The summed E-state index contributed by atoms with van der Waals surface area (Å²) in [6.07, 6.45) is -14.8. The third kappa shape index (κ3) is 18.4.